The summed E-state index contributed by atoms with van der Waals surface area (Å²) in [5.41, 5.74) is 1.85. The van der Waals surface area contributed by atoms with E-state index in [1.54, 1.807) is 12.3 Å². The lowest BCUT2D eigenvalue weighted by atomic mass is 10.1. The van der Waals surface area contributed by atoms with Crippen molar-refractivity contribution in [2.45, 2.75) is 52.9 Å². The molecule has 0 bridgehead atoms. The fraction of sp³-hybridized carbons (Fsp3) is 0.556. The number of amides is 1. The van der Waals surface area contributed by atoms with Crippen LogP contribution in [0.25, 0.3) is 0 Å². The van der Waals surface area contributed by atoms with Crippen molar-refractivity contribution < 1.29 is 9.21 Å². The minimum atomic E-state index is -0.0429. The van der Waals surface area contributed by atoms with Gasteiger partial charge in [0.25, 0.3) is 5.91 Å². The molecule has 2 aromatic heterocycles. The van der Waals surface area contributed by atoms with E-state index in [2.05, 4.69) is 35.3 Å². The number of aromatic nitrogens is 2. The Hall–Kier alpha value is -2.08. The molecular weight excluding hydrogens is 304 g/mol. The van der Waals surface area contributed by atoms with Crippen LogP contribution in [-0.4, -0.2) is 44.9 Å². The smallest absolute Gasteiger partial charge is 0.258 e. The van der Waals surface area contributed by atoms with E-state index in [4.69, 9.17) is 4.42 Å². The summed E-state index contributed by atoms with van der Waals surface area (Å²) >= 11 is 0. The number of hydrogen-bond donors (Lipinski definition) is 0. The van der Waals surface area contributed by atoms with Crippen LogP contribution in [0.1, 0.15) is 54.4 Å². The van der Waals surface area contributed by atoms with Crippen LogP contribution in [0, 0.1) is 6.92 Å². The maximum atomic E-state index is 12.8. The monoisotopic (exact) mass is 330 g/mol. The van der Waals surface area contributed by atoms with E-state index >= 15 is 0 Å². The molecule has 0 aliphatic carbocycles. The molecule has 1 amide bonds. The standard InChI is InChI=1S/C18H26N4O2/c1-12(2)20(5)11-15-10-19-17-13(3)21(7-8-22(15)17)18(23)16-6-9-24-14(16)4/h6,9-10,12-13H,7-8,11H2,1-5H3/t13-/m1/s1. The number of nitrogens with zero attached hydrogens (tertiary/aromatic N) is 4. The van der Waals surface area contributed by atoms with Gasteiger partial charge in [-0.15, -0.1) is 0 Å². The van der Waals surface area contributed by atoms with Crippen molar-refractivity contribution in [3.63, 3.8) is 0 Å². The minimum Gasteiger partial charge on any atom is -0.469 e. The van der Waals surface area contributed by atoms with Gasteiger partial charge in [0.1, 0.15) is 11.6 Å². The maximum absolute atomic E-state index is 12.8. The van der Waals surface area contributed by atoms with E-state index in [1.807, 2.05) is 24.9 Å². The Morgan fingerprint density at radius 2 is 2.21 bits per heavy atom. The molecule has 24 heavy (non-hydrogen) atoms. The Kier molecular flexibility index (Phi) is 4.49. The predicted octanol–water partition coefficient (Wildman–Crippen LogP) is 2.84. The molecule has 0 spiro atoms. The van der Waals surface area contributed by atoms with E-state index in [-0.39, 0.29) is 11.9 Å². The van der Waals surface area contributed by atoms with Crippen molar-refractivity contribution in [3.05, 3.63) is 41.4 Å². The summed E-state index contributed by atoms with van der Waals surface area (Å²) in [7, 11) is 2.12. The first kappa shape index (κ1) is 16.8. The van der Waals surface area contributed by atoms with Crippen molar-refractivity contribution in [1.82, 2.24) is 19.4 Å². The number of carbonyl (C=O) groups excluding carboxylic acids is 1. The SMILES string of the molecule is Cc1occc1C(=O)N1CCn2c(CN(C)C(C)C)cnc2[C@H]1C. The van der Waals surface area contributed by atoms with Crippen molar-refractivity contribution in [3.8, 4) is 0 Å². The second-order valence-electron chi connectivity index (χ2n) is 6.83. The van der Waals surface area contributed by atoms with Crippen LogP contribution in [0.5, 0.6) is 0 Å². The zero-order valence-corrected chi connectivity index (χ0v) is 15.1. The summed E-state index contributed by atoms with van der Waals surface area (Å²) in [4.78, 5) is 21.6. The van der Waals surface area contributed by atoms with Gasteiger partial charge in [0.15, 0.2) is 0 Å². The molecule has 0 fully saturated rings. The zero-order valence-electron chi connectivity index (χ0n) is 15.1. The second kappa shape index (κ2) is 6.43. The lowest BCUT2D eigenvalue weighted by Crippen LogP contribution is -2.42. The molecule has 0 unspecified atom stereocenters. The molecule has 1 aliphatic heterocycles. The van der Waals surface area contributed by atoms with Gasteiger partial charge in [-0.3, -0.25) is 9.69 Å². The predicted molar refractivity (Wildman–Crippen MR) is 91.7 cm³/mol. The topological polar surface area (TPSA) is 54.5 Å². The summed E-state index contributed by atoms with van der Waals surface area (Å²) in [6.07, 6.45) is 3.51. The summed E-state index contributed by atoms with van der Waals surface area (Å²) in [5, 5.41) is 0. The number of fused-ring (bicyclic) bond motifs is 1. The van der Waals surface area contributed by atoms with Gasteiger partial charge in [0.2, 0.25) is 0 Å². The third kappa shape index (κ3) is 2.86. The van der Waals surface area contributed by atoms with Crippen LogP contribution >= 0.6 is 0 Å². The highest BCUT2D eigenvalue weighted by Crippen LogP contribution is 2.28. The number of imidazole rings is 1. The number of carbonyl (C=O) groups is 1. The van der Waals surface area contributed by atoms with Crippen molar-refractivity contribution in [2.75, 3.05) is 13.6 Å². The number of rotatable bonds is 4. The molecule has 0 saturated heterocycles. The van der Waals surface area contributed by atoms with Gasteiger partial charge >= 0.3 is 0 Å². The van der Waals surface area contributed by atoms with Gasteiger partial charge in [0.05, 0.1) is 23.6 Å². The first-order valence-electron chi connectivity index (χ1n) is 8.49. The fourth-order valence-electron chi connectivity index (χ4n) is 3.16. The van der Waals surface area contributed by atoms with Gasteiger partial charge in [0, 0.05) is 31.9 Å². The molecule has 0 radical (unpaired) electrons. The Bertz CT molecular complexity index is 731. The molecular formula is C18H26N4O2. The Morgan fingerprint density at radius 3 is 2.83 bits per heavy atom. The average Bonchev–Trinajstić information content (AvgIpc) is 3.14. The third-order valence-corrected chi connectivity index (χ3v) is 5.02. The van der Waals surface area contributed by atoms with Crippen LogP contribution in [0.4, 0.5) is 0 Å². The number of hydrogen-bond acceptors (Lipinski definition) is 4. The maximum Gasteiger partial charge on any atom is 0.258 e. The summed E-state index contributed by atoms with van der Waals surface area (Å²) in [6, 6.07) is 2.19. The summed E-state index contributed by atoms with van der Waals surface area (Å²) in [5.74, 6) is 1.65. The Balaban J connectivity index is 1.82. The molecule has 1 aliphatic rings. The van der Waals surface area contributed by atoms with E-state index in [9.17, 15) is 4.79 Å². The first-order chi connectivity index (χ1) is 11.4. The first-order valence-corrected chi connectivity index (χ1v) is 8.49. The highest BCUT2D eigenvalue weighted by atomic mass is 16.3. The number of furan rings is 1. The van der Waals surface area contributed by atoms with Crippen LogP contribution in [0.3, 0.4) is 0 Å². The van der Waals surface area contributed by atoms with Gasteiger partial charge in [-0.1, -0.05) is 0 Å². The van der Waals surface area contributed by atoms with Crippen molar-refractivity contribution in [1.29, 1.82) is 0 Å². The molecule has 0 N–H and O–H groups in total. The molecule has 1 atom stereocenters. The molecule has 6 heteroatoms. The van der Waals surface area contributed by atoms with E-state index < -0.39 is 0 Å². The minimum absolute atomic E-state index is 0.0175. The van der Waals surface area contributed by atoms with E-state index in [0.717, 1.165) is 18.9 Å². The van der Waals surface area contributed by atoms with Gasteiger partial charge in [-0.25, -0.2) is 4.98 Å². The van der Waals surface area contributed by atoms with Crippen LogP contribution < -0.4 is 0 Å². The molecule has 6 nitrogen and oxygen atoms in total. The van der Waals surface area contributed by atoms with Crippen molar-refractivity contribution in [2.24, 2.45) is 0 Å². The lowest BCUT2D eigenvalue weighted by Gasteiger charge is -2.34. The molecule has 2 aromatic rings. The summed E-state index contributed by atoms with van der Waals surface area (Å²) < 4.78 is 7.54. The molecule has 3 heterocycles. The Labute approximate surface area is 143 Å². The largest absolute Gasteiger partial charge is 0.469 e. The lowest BCUT2D eigenvalue weighted by molar-refractivity contribution is 0.0633. The zero-order chi connectivity index (χ0) is 17.4. The summed E-state index contributed by atoms with van der Waals surface area (Å²) in [6.45, 7) is 10.6. The van der Waals surface area contributed by atoms with E-state index in [1.165, 1.54) is 5.69 Å². The Morgan fingerprint density at radius 1 is 1.46 bits per heavy atom. The van der Waals surface area contributed by atoms with Crippen LogP contribution in [-0.2, 0) is 13.1 Å². The highest BCUT2D eigenvalue weighted by molar-refractivity contribution is 5.95. The van der Waals surface area contributed by atoms with Crippen molar-refractivity contribution >= 4 is 5.91 Å². The quantitative estimate of drug-likeness (QED) is 0.865. The third-order valence-electron chi connectivity index (χ3n) is 5.02. The second-order valence-corrected chi connectivity index (χ2v) is 6.83. The van der Waals surface area contributed by atoms with Gasteiger partial charge in [-0.05, 0) is 40.8 Å². The van der Waals surface area contributed by atoms with Crippen LogP contribution in [0.2, 0.25) is 0 Å². The normalized spacial score (nSPS) is 17.6. The fourth-order valence-corrected chi connectivity index (χ4v) is 3.16. The van der Waals surface area contributed by atoms with Gasteiger partial charge < -0.3 is 13.9 Å². The van der Waals surface area contributed by atoms with Crippen LogP contribution in [0.15, 0.2) is 22.9 Å². The molecule has 130 valence electrons. The average molecular weight is 330 g/mol. The number of aryl methyl sites for hydroxylation is 1. The highest BCUT2D eigenvalue weighted by Gasteiger charge is 2.32. The van der Waals surface area contributed by atoms with E-state index in [0.29, 0.717) is 23.9 Å². The van der Waals surface area contributed by atoms with Gasteiger partial charge in [-0.2, -0.15) is 0 Å². The molecule has 0 aromatic carbocycles. The molecule has 0 saturated carbocycles. The molecule has 3 rings (SSSR count).